The van der Waals surface area contributed by atoms with Crippen LogP contribution in [-0.2, 0) is 54.4 Å². The molecule has 0 bridgehead atoms. The Bertz CT molecular complexity index is 1680. The van der Waals surface area contributed by atoms with Crippen molar-refractivity contribution in [3.05, 3.63) is 34.9 Å². The van der Waals surface area contributed by atoms with E-state index in [2.05, 4.69) is 44.5 Å². The molecule has 59 heavy (non-hydrogen) atoms. The molecular formula is C37H51ClN6O14S. The van der Waals surface area contributed by atoms with Gasteiger partial charge in [-0.1, -0.05) is 55.8 Å². The van der Waals surface area contributed by atoms with Gasteiger partial charge >= 0.3 is 23.9 Å². The van der Waals surface area contributed by atoms with Gasteiger partial charge < -0.3 is 52.3 Å². The van der Waals surface area contributed by atoms with Crippen LogP contribution in [0.2, 0.25) is 5.02 Å². The number of hydrogen-bond donors (Lipinski definition) is 11. The minimum Gasteiger partial charge on any atom is -0.481 e. The van der Waals surface area contributed by atoms with E-state index in [9.17, 15) is 68.4 Å². The second kappa shape index (κ2) is 25.1. The van der Waals surface area contributed by atoms with Crippen LogP contribution in [0, 0.1) is 5.92 Å². The Labute approximate surface area is 349 Å². The molecule has 0 spiro atoms. The van der Waals surface area contributed by atoms with E-state index in [0.29, 0.717) is 10.6 Å². The average Bonchev–Trinajstić information content (AvgIpc) is 3.16. The summed E-state index contributed by atoms with van der Waals surface area (Å²) in [6.07, 6.45) is 0.779. The minimum atomic E-state index is -1.69. The Kier molecular flexibility index (Phi) is 21.2. The van der Waals surface area contributed by atoms with Crippen molar-refractivity contribution in [2.75, 3.05) is 5.75 Å². The fourth-order valence-electron chi connectivity index (χ4n) is 6.30. The summed E-state index contributed by atoms with van der Waals surface area (Å²) in [5.74, 6) is -11.7. The molecule has 0 heterocycles. The molecule has 0 aromatic heterocycles. The van der Waals surface area contributed by atoms with Crippen molar-refractivity contribution in [3.63, 3.8) is 0 Å². The molecule has 1 aromatic carbocycles. The molecule has 0 saturated heterocycles. The van der Waals surface area contributed by atoms with Crippen molar-refractivity contribution in [2.24, 2.45) is 5.92 Å². The van der Waals surface area contributed by atoms with Crippen LogP contribution in [0.1, 0.15) is 83.1 Å². The first kappa shape index (κ1) is 49.7. The normalized spacial score (nSPS) is 15.7. The third-order valence-corrected chi connectivity index (χ3v) is 9.96. The van der Waals surface area contributed by atoms with Crippen LogP contribution >= 0.6 is 24.2 Å². The molecule has 6 atom stereocenters. The van der Waals surface area contributed by atoms with Gasteiger partial charge in [0, 0.05) is 37.0 Å². The lowest BCUT2D eigenvalue weighted by Crippen LogP contribution is -2.60. The van der Waals surface area contributed by atoms with Crippen molar-refractivity contribution in [1.82, 2.24) is 31.9 Å². The highest BCUT2D eigenvalue weighted by molar-refractivity contribution is 7.80. The zero-order chi connectivity index (χ0) is 44.2. The molecule has 6 amide bonds. The van der Waals surface area contributed by atoms with E-state index >= 15 is 0 Å². The number of aliphatic carboxylic acids is 4. The SMILES string of the molecule is CC(=O)N[C@@H](CC(=O)O)C(=O)N[C@@H](CCC(=O)O)C(=O)N[C@@H](Cc1ccc(Cl)cc1)C(=O)N[C@@H](CCC(=O)O)C(=O)N[C@@H](CC1CCCCC1)C(=O)N[C@@H](CS)C(=O)O. The number of rotatable bonds is 25. The molecule has 0 radical (unpaired) electrons. The number of benzene rings is 1. The Morgan fingerprint density at radius 2 is 1.05 bits per heavy atom. The lowest BCUT2D eigenvalue weighted by atomic mass is 9.84. The topological polar surface area (TPSA) is 324 Å². The van der Waals surface area contributed by atoms with E-state index in [4.69, 9.17) is 11.6 Å². The molecule has 1 saturated carbocycles. The Balaban J connectivity index is 2.47. The number of hydrogen-bond acceptors (Lipinski definition) is 11. The number of carboxylic acid groups (broad SMARTS) is 4. The summed E-state index contributed by atoms with van der Waals surface area (Å²) >= 11 is 10.00. The third kappa shape index (κ3) is 18.8. The van der Waals surface area contributed by atoms with E-state index < -0.39 is 128 Å². The molecule has 0 unspecified atom stereocenters. The van der Waals surface area contributed by atoms with Crippen LogP contribution in [0.4, 0.5) is 0 Å². The number of carbonyl (C=O) groups excluding carboxylic acids is 6. The predicted octanol–water partition coefficient (Wildman–Crippen LogP) is 0.000300. The zero-order valence-corrected chi connectivity index (χ0v) is 33.9. The van der Waals surface area contributed by atoms with Gasteiger partial charge in [0.15, 0.2) is 0 Å². The first-order chi connectivity index (χ1) is 27.8. The van der Waals surface area contributed by atoms with Gasteiger partial charge in [-0.15, -0.1) is 0 Å². The molecular weight excluding hydrogens is 820 g/mol. The number of carboxylic acids is 4. The highest BCUT2D eigenvalue weighted by Crippen LogP contribution is 2.27. The largest absolute Gasteiger partial charge is 0.481 e. The highest BCUT2D eigenvalue weighted by atomic mass is 35.5. The summed E-state index contributed by atoms with van der Waals surface area (Å²) in [4.78, 5) is 126. The van der Waals surface area contributed by atoms with Gasteiger partial charge in [-0.05, 0) is 42.9 Å². The van der Waals surface area contributed by atoms with Crippen LogP contribution in [0.25, 0.3) is 0 Å². The first-order valence-corrected chi connectivity index (χ1v) is 19.8. The van der Waals surface area contributed by atoms with E-state index in [-0.39, 0.29) is 24.5 Å². The standard InChI is InChI=1S/C37H51ClN6O14S/c1-19(45)39-27(17-31(50)51)36(56)41-24(12-14-30(48)49)33(53)43-26(16-21-7-9-22(38)10-8-21)34(54)40-23(11-13-29(46)47)32(52)42-25(15-20-5-3-2-4-6-20)35(55)44-28(18-59)37(57)58/h7-10,20,23-28,59H,2-6,11-18H2,1H3,(H,39,45)(H,40,54)(H,41,56)(H,42,52)(H,43,53)(H,44,55)(H,46,47)(H,48,49)(H,50,51)(H,57,58)/t23-,24-,25-,26-,27-,28-/m0/s1. The molecule has 22 heteroatoms. The van der Waals surface area contributed by atoms with Gasteiger partial charge in [0.25, 0.3) is 0 Å². The van der Waals surface area contributed by atoms with Gasteiger partial charge in [0.1, 0.15) is 36.3 Å². The van der Waals surface area contributed by atoms with Crippen LogP contribution < -0.4 is 31.9 Å². The van der Waals surface area contributed by atoms with Crippen LogP contribution in [0.5, 0.6) is 0 Å². The van der Waals surface area contributed by atoms with Crippen LogP contribution in [0.3, 0.4) is 0 Å². The van der Waals surface area contributed by atoms with Crippen molar-refractivity contribution < 1.29 is 68.4 Å². The van der Waals surface area contributed by atoms with E-state index in [1.54, 1.807) is 0 Å². The summed E-state index contributed by atoms with van der Waals surface area (Å²) in [7, 11) is 0. The molecule has 1 aromatic rings. The number of carbonyl (C=O) groups is 10. The fourth-order valence-corrected chi connectivity index (χ4v) is 6.68. The van der Waals surface area contributed by atoms with Crippen LogP contribution in [0.15, 0.2) is 24.3 Å². The molecule has 1 aliphatic carbocycles. The summed E-state index contributed by atoms with van der Waals surface area (Å²) in [5.41, 5.74) is 0.418. The maximum absolute atomic E-state index is 14.0. The maximum Gasteiger partial charge on any atom is 0.327 e. The van der Waals surface area contributed by atoms with Crippen molar-refractivity contribution in [2.45, 2.75) is 120 Å². The van der Waals surface area contributed by atoms with E-state index in [0.717, 1.165) is 39.0 Å². The average molecular weight is 871 g/mol. The second-order valence-corrected chi connectivity index (χ2v) is 14.9. The summed E-state index contributed by atoms with van der Waals surface area (Å²) in [6, 6.07) is -3.26. The number of nitrogens with one attached hydrogen (secondary N) is 6. The van der Waals surface area contributed by atoms with Gasteiger partial charge in [-0.2, -0.15) is 12.6 Å². The number of amides is 6. The van der Waals surface area contributed by atoms with Gasteiger partial charge in [-0.25, -0.2) is 4.79 Å². The quantitative estimate of drug-likeness (QED) is 0.0577. The third-order valence-electron chi connectivity index (χ3n) is 9.34. The lowest BCUT2D eigenvalue weighted by Gasteiger charge is -2.29. The Hall–Kier alpha value is -5.44. The van der Waals surface area contributed by atoms with Crippen molar-refractivity contribution in [1.29, 1.82) is 0 Å². The van der Waals surface area contributed by atoms with Crippen molar-refractivity contribution in [3.8, 4) is 0 Å². The molecule has 20 nitrogen and oxygen atoms in total. The van der Waals surface area contributed by atoms with Crippen molar-refractivity contribution >= 4 is 83.6 Å². The molecule has 326 valence electrons. The molecule has 1 fully saturated rings. The zero-order valence-electron chi connectivity index (χ0n) is 32.2. The van der Waals surface area contributed by atoms with Crippen LogP contribution in [-0.4, -0.2) is 122 Å². The number of halogens is 1. The summed E-state index contributed by atoms with van der Waals surface area (Å²) in [5, 5.41) is 52.0. The van der Waals surface area contributed by atoms with Gasteiger partial charge in [0.05, 0.1) is 6.42 Å². The second-order valence-electron chi connectivity index (χ2n) is 14.1. The molecule has 0 aliphatic heterocycles. The number of thiol groups is 1. The Morgan fingerprint density at radius 3 is 1.51 bits per heavy atom. The minimum absolute atomic E-state index is 0.0164. The Morgan fingerprint density at radius 1 is 0.610 bits per heavy atom. The monoisotopic (exact) mass is 870 g/mol. The van der Waals surface area contributed by atoms with Gasteiger partial charge in [0.2, 0.25) is 35.4 Å². The van der Waals surface area contributed by atoms with E-state index in [1.165, 1.54) is 24.3 Å². The summed E-state index contributed by atoms with van der Waals surface area (Å²) in [6.45, 7) is 1.02. The molecule has 1 aliphatic rings. The van der Waals surface area contributed by atoms with Gasteiger partial charge in [-0.3, -0.25) is 43.2 Å². The highest BCUT2D eigenvalue weighted by Gasteiger charge is 2.35. The fraction of sp³-hybridized carbons (Fsp3) is 0.568. The maximum atomic E-state index is 14.0. The lowest BCUT2D eigenvalue weighted by molar-refractivity contribution is -0.142. The molecule has 10 N–H and O–H groups in total. The smallest absolute Gasteiger partial charge is 0.327 e. The predicted molar refractivity (Wildman–Crippen MR) is 211 cm³/mol. The van der Waals surface area contributed by atoms with E-state index in [1.807, 2.05) is 0 Å². The molecule has 2 rings (SSSR count). The first-order valence-electron chi connectivity index (χ1n) is 18.8. The summed E-state index contributed by atoms with van der Waals surface area (Å²) < 4.78 is 0.